The van der Waals surface area contributed by atoms with Crippen LogP contribution in [0.4, 0.5) is 0 Å². The Labute approximate surface area is 133 Å². The van der Waals surface area contributed by atoms with Crippen LogP contribution < -0.4 is 0 Å². The van der Waals surface area contributed by atoms with Gasteiger partial charge >= 0.3 is 0 Å². The first-order valence-corrected chi connectivity index (χ1v) is 7.65. The molecule has 1 aromatic heterocycles. The number of morpholine rings is 1. The van der Waals surface area contributed by atoms with E-state index in [1.807, 2.05) is 4.57 Å². The SMILES string of the molecule is CC(=O)N1CCO[C@](C)(C(=O)N2CCn3c(CO)nnc3C2)C1. The summed E-state index contributed by atoms with van der Waals surface area (Å²) in [6.45, 7) is 5.52. The van der Waals surface area contributed by atoms with Crippen LogP contribution in [0.25, 0.3) is 0 Å². The average Bonchev–Trinajstić information content (AvgIpc) is 2.96. The highest BCUT2D eigenvalue weighted by Crippen LogP contribution is 2.23. The molecule has 0 aliphatic carbocycles. The molecule has 0 spiro atoms. The van der Waals surface area contributed by atoms with E-state index >= 15 is 0 Å². The molecule has 0 bridgehead atoms. The van der Waals surface area contributed by atoms with Crippen LogP contribution in [0.5, 0.6) is 0 Å². The summed E-state index contributed by atoms with van der Waals surface area (Å²) in [5.74, 6) is 0.952. The standard InChI is InChI=1S/C14H21N5O4/c1-10(21)18-5-6-23-14(2,9-18)13(22)17-3-4-19-11(7-17)15-16-12(19)8-20/h20H,3-9H2,1-2H3/t14-/m0/s1. The highest BCUT2D eigenvalue weighted by atomic mass is 16.5. The maximum Gasteiger partial charge on any atom is 0.256 e. The summed E-state index contributed by atoms with van der Waals surface area (Å²) in [7, 11) is 0. The van der Waals surface area contributed by atoms with Gasteiger partial charge in [0, 0.05) is 26.6 Å². The summed E-state index contributed by atoms with van der Waals surface area (Å²) in [5, 5.41) is 17.2. The Morgan fingerprint density at radius 1 is 1.26 bits per heavy atom. The average molecular weight is 323 g/mol. The van der Waals surface area contributed by atoms with Gasteiger partial charge in [-0.25, -0.2) is 0 Å². The first kappa shape index (κ1) is 15.9. The van der Waals surface area contributed by atoms with Gasteiger partial charge in [-0.05, 0) is 6.92 Å². The highest BCUT2D eigenvalue weighted by molar-refractivity contribution is 5.86. The molecule has 1 saturated heterocycles. The predicted octanol–water partition coefficient (Wildman–Crippen LogP) is -1.25. The molecular weight excluding hydrogens is 302 g/mol. The number of ether oxygens (including phenoxy) is 1. The molecule has 23 heavy (non-hydrogen) atoms. The molecule has 2 aliphatic heterocycles. The van der Waals surface area contributed by atoms with E-state index in [4.69, 9.17) is 4.74 Å². The quantitative estimate of drug-likeness (QED) is 0.730. The van der Waals surface area contributed by atoms with Crippen molar-refractivity contribution in [2.24, 2.45) is 0 Å². The zero-order valence-corrected chi connectivity index (χ0v) is 13.4. The molecule has 1 N–H and O–H groups in total. The molecule has 3 rings (SSSR count). The molecule has 2 amide bonds. The largest absolute Gasteiger partial charge is 0.388 e. The zero-order chi connectivity index (χ0) is 16.6. The number of amides is 2. The van der Waals surface area contributed by atoms with Gasteiger partial charge in [-0.2, -0.15) is 0 Å². The minimum absolute atomic E-state index is 0.0571. The number of fused-ring (bicyclic) bond motifs is 1. The topological polar surface area (TPSA) is 101 Å². The lowest BCUT2D eigenvalue weighted by Crippen LogP contribution is -2.60. The molecule has 1 atom stereocenters. The van der Waals surface area contributed by atoms with Crippen molar-refractivity contribution in [2.75, 3.05) is 26.2 Å². The number of hydrogen-bond donors (Lipinski definition) is 1. The first-order valence-electron chi connectivity index (χ1n) is 7.65. The van der Waals surface area contributed by atoms with Crippen molar-refractivity contribution in [1.82, 2.24) is 24.6 Å². The van der Waals surface area contributed by atoms with Crippen LogP contribution in [0.1, 0.15) is 25.5 Å². The molecule has 9 heteroatoms. The van der Waals surface area contributed by atoms with Gasteiger partial charge in [-0.15, -0.1) is 10.2 Å². The van der Waals surface area contributed by atoms with Gasteiger partial charge in [0.15, 0.2) is 17.2 Å². The lowest BCUT2D eigenvalue weighted by molar-refractivity contribution is -0.172. The maximum atomic E-state index is 12.9. The van der Waals surface area contributed by atoms with Crippen LogP contribution in [0.3, 0.4) is 0 Å². The smallest absolute Gasteiger partial charge is 0.256 e. The minimum Gasteiger partial charge on any atom is -0.388 e. The van der Waals surface area contributed by atoms with Crippen molar-refractivity contribution in [1.29, 1.82) is 0 Å². The number of hydrogen-bond acceptors (Lipinski definition) is 6. The predicted molar refractivity (Wildman–Crippen MR) is 78.0 cm³/mol. The number of rotatable bonds is 2. The third-order valence-electron chi connectivity index (χ3n) is 4.43. The molecule has 3 heterocycles. The van der Waals surface area contributed by atoms with Gasteiger partial charge < -0.3 is 24.2 Å². The van der Waals surface area contributed by atoms with E-state index in [1.54, 1.807) is 16.7 Å². The van der Waals surface area contributed by atoms with Crippen molar-refractivity contribution in [3.8, 4) is 0 Å². The lowest BCUT2D eigenvalue weighted by Gasteiger charge is -2.42. The van der Waals surface area contributed by atoms with E-state index in [0.29, 0.717) is 44.4 Å². The first-order chi connectivity index (χ1) is 10.9. The Bertz CT molecular complexity index is 631. The monoisotopic (exact) mass is 323 g/mol. The molecule has 126 valence electrons. The summed E-state index contributed by atoms with van der Waals surface area (Å²) in [5.41, 5.74) is -1.04. The van der Waals surface area contributed by atoms with E-state index in [0.717, 1.165) is 0 Å². The normalized spacial score (nSPS) is 24.5. The summed E-state index contributed by atoms with van der Waals surface area (Å²) in [6, 6.07) is 0. The number of nitrogens with zero attached hydrogens (tertiary/aromatic N) is 5. The van der Waals surface area contributed by atoms with Crippen LogP contribution in [-0.2, 0) is 34.0 Å². The van der Waals surface area contributed by atoms with E-state index < -0.39 is 5.60 Å². The number of aliphatic hydroxyl groups excluding tert-OH is 1. The summed E-state index contributed by atoms with van der Waals surface area (Å²) in [4.78, 5) is 27.8. The van der Waals surface area contributed by atoms with E-state index in [1.165, 1.54) is 6.92 Å². The van der Waals surface area contributed by atoms with Crippen LogP contribution in [0.15, 0.2) is 0 Å². The van der Waals surface area contributed by atoms with Crippen LogP contribution in [0.2, 0.25) is 0 Å². The number of aromatic nitrogens is 3. The van der Waals surface area contributed by atoms with E-state index in [-0.39, 0.29) is 25.0 Å². The number of aliphatic hydroxyl groups is 1. The van der Waals surface area contributed by atoms with E-state index in [2.05, 4.69) is 10.2 Å². The van der Waals surface area contributed by atoms with Crippen molar-refractivity contribution < 1.29 is 19.4 Å². The molecule has 0 aromatic carbocycles. The van der Waals surface area contributed by atoms with Crippen LogP contribution >= 0.6 is 0 Å². The number of carbonyl (C=O) groups excluding carboxylic acids is 2. The van der Waals surface area contributed by atoms with Crippen molar-refractivity contribution in [3.05, 3.63) is 11.6 Å². The van der Waals surface area contributed by atoms with Crippen LogP contribution in [0, 0.1) is 0 Å². The van der Waals surface area contributed by atoms with Crippen molar-refractivity contribution >= 4 is 11.8 Å². The van der Waals surface area contributed by atoms with Gasteiger partial charge in [0.05, 0.1) is 19.7 Å². The second-order valence-corrected chi connectivity index (χ2v) is 6.09. The summed E-state index contributed by atoms with van der Waals surface area (Å²) < 4.78 is 7.54. The lowest BCUT2D eigenvalue weighted by atomic mass is 10.0. The summed E-state index contributed by atoms with van der Waals surface area (Å²) >= 11 is 0. The second kappa shape index (κ2) is 5.89. The fraction of sp³-hybridized carbons (Fsp3) is 0.714. The molecule has 0 unspecified atom stereocenters. The molecule has 9 nitrogen and oxygen atoms in total. The Balaban J connectivity index is 1.74. The molecule has 2 aliphatic rings. The van der Waals surface area contributed by atoms with Gasteiger partial charge in [0.25, 0.3) is 5.91 Å². The minimum atomic E-state index is -1.04. The molecule has 1 fully saturated rings. The van der Waals surface area contributed by atoms with Gasteiger partial charge in [-0.3, -0.25) is 9.59 Å². The third-order valence-corrected chi connectivity index (χ3v) is 4.43. The highest BCUT2D eigenvalue weighted by Gasteiger charge is 2.43. The van der Waals surface area contributed by atoms with Gasteiger partial charge in [0.1, 0.15) is 6.61 Å². The number of carbonyl (C=O) groups is 2. The Hall–Kier alpha value is -2.00. The zero-order valence-electron chi connectivity index (χ0n) is 13.4. The fourth-order valence-corrected chi connectivity index (χ4v) is 3.11. The van der Waals surface area contributed by atoms with Gasteiger partial charge in [-0.1, -0.05) is 0 Å². The summed E-state index contributed by atoms with van der Waals surface area (Å²) in [6.07, 6.45) is 0. The maximum absolute atomic E-state index is 12.9. The van der Waals surface area contributed by atoms with Crippen molar-refractivity contribution in [3.63, 3.8) is 0 Å². The molecule has 0 saturated carbocycles. The molecule has 0 radical (unpaired) electrons. The fourth-order valence-electron chi connectivity index (χ4n) is 3.11. The molecule has 1 aromatic rings. The molecular formula is C14H21N5O4. The van der Waals surface area contributed by atoms with Crippen LogP contribution in [-0.4, -0.2) is 73.3 Å². The van der Waals surface area contributed by atoms with Gasteiger partial charge in [0.2, 0.25) is 5.91 Å². The Kier molecular flexibility index (Phi) is 4.07. The van der Waals surface area contributed by atoms with E-state index in [9.17, 15) is 14.7 Å². The van der Waals surface area contributed by atoms with Crippen molar-refractivity contribution in [2.45, 2.75) is 39.1 Å². The second-order valence-electron chi connectivity index (χ2n) is 6.09. The third kappa shape index (κ3) is 2.81. The Morgan fingerprint density at radius 3 is 2.74 bits per heavy atom. The Morgan fingerprint density at radius 2 is 2.04 bits per heavy atom.